The molecule has 2 aromatic carbocycles. The molecule has 244 valence electrons. The van der Waals surface area contributed by atoms with Crippen LogP contribution < -0.4 is 0 Å². The first-order valence-corrected chi connectivity index (χ1v) is 16.0. The molecule has 2 aromatic rings. The lowest BCUT2D eigenvalue weighted by Crippen LogP contribution is -2.55. The number of carbonyl (C=O) groups excluding carboxylic acids is 2. The van der Waals surface area contributed by atoms with Gasteiger partial charge < -0.3 is 14.7 Å². The van der Waals surface area contributed by atoms with E-state index >= 15 is 0 Å². The van der Waals surface area contributed by atoms with Gasteiger partial charge in [0, 0.05) is 43.2 Å². The molecule has 0 N–H and O–H groups in total. The third kappa shape index (κ3) is 7.18. The average molecular weight is 636 g/mol. The van der Waals surface area contributed by atoms with Gasteiger partial charge in [-0.05, 0) is 100 Å². The minimum atomic E-state index is -5.03. The standard InChI is InChI=1S/C34H39F6N3O2/c35-33(36,37)26-19-25(20-27(21-26)34(38,39)40)31(45)43-13-8-28(22-29(43)18-23-4-2-1-3-5-23)41-14-9-32(10-15-41)11-16-42(17-12-32)30(44)24-6-7-24/h1-5,19-21,24,28-29H,6-18,22H2. The van der Waals surface area contributed by atoms with Crippen LogP contribution in [0.1, 0.15) is 78.4 Å². The van der Waals surface area contributed by atoms with Crippen LogP contribution in [-0.4, -0.2) is 71.3 Å². The Hall–Kier alpha value is -3.08. The highest BCUT2D eigenvalue weighted by Crippen LogP contribution is 2.44. The van der Waals surface area contributed by atoms with E-state index in [0.717, 1.165) is 70.3 Å². The zero-order valence-electron chi connectivity index (χ0n) is 25.2. The predicted octanol–water partition coefficient (Wildman–Crippen LogP) is 7.05. The molecular weight excluding hydrogens is 596 g/mol. The van der Waals surface area contributed by atoms with Crippen molar-refractivity contribution in [2.45, 2.75) is 82.2 Å². The molecule has 1 spiro atoms. The number of alkyl halides is 6. The lowest BCUT2D eigenvalue weighted by atomic mass is 9.70. The maximum Gasteiger partial charge on any atom is 0.416 e. The second kappa shape index (κ2) is 12.3. The topological polar surface area (TPSA) is 43.9 Å². The highest BCUT2D eigenvalue weighted by Gasteiger charge is 2.44. The maximum atomic E-state index is 13.7. The van der Waals surface area contributed by atoms with Crippen LogP contribution >= 0.6 is 0 Å². The first-order valence-electron chi connectivity index (χ1n) is 16.0. The highest BCUT2D eigenvalue weighted by molar-refractivity contribution is 5.95. The van der Waals surface area contributed by atoms with Crippen LogP contribution in [0.15, 0.2) is 48.5 Å². The van der Waals surface area contributed by atoms with Crippen LogP contribution in [0.3, 0.4) is 0 Å². The van der Waals surface area contributed by atoms with Crippen LogP contribution in [0.2, 0.25) is 0 Å². The van der Waals surface area contributed by atoms with Crippen LogP contribution in [0.25, 0.3) is 0 Å². The lowest BCUT2D eigenvalue weighted by molar-refractivity contribution is -0.143. The number of likely N-dealkylation sites (tertiary alicyclic amines) is 3. The number of carbonyl (C=O) groups is 2. The van der Waals surface area contributed by atoms with Gasteiger partial charge in [-0.2, -0.15) is 26.3 Å². The van der Waals surface area contributed by atoms with E-state index in [1.165, 1.54) is 4.90 Å². The molecule has 4 aliphatic rings. The molecule has 2 unspecified atom stereocenters. The zero-order chi connectivity index (χ0) is 32.0. The Morgan fingerprint density at radius 2 is 1.33 bits per heavy atom. The van der Waals surface area contributed by atoms with Crippen LogP contribution in [-0.2, 0) is 23.6 Å². The van der Waals surface area contributed by atoms with Gasteiger partial charge in [0.15, 0.2) is 0 Å². The number of hydrogen-bond acceptors (Lipinski definition) is 3. The number of hydrogen-bond donors (Lipinski definition) is 0. The monoisotopic (exact) mass is 635 g/mol. The lowest BCUT2D eigenvalue weighted by Gasteiger charge is -2.50. The van der Waals surface area contributed by atoms with Crippen molar-refractivity contribution < 1.29 is 35.9 Å². The largest absolute Gasteiger partial charge is 0.416 e. The smallest absolute Gasteiger partial charge is 0.342 e. The Bertz CT molecular complexity index is 1340. The van der Waals surface area contributed by atoms with E-state index < -0.39 is 35.0 Å². The molecule has 0 radical (unpaired) electrons. The van der Waals surface area contributed by atoms with Gasteiger partial charge in [0.05, 0.1) is 11.1 Å². The Kier molecular flexibility index (Phi) is 8.69. The first kappa shape index (κ1) is 31.9. The Morgan fingerprint density at radius 1 is 0.756 bits per heavy atom. The van der Waals surface area contributed by atoms with Gasteiger partial charge in [0.1, 0.15) is 0 Å². The first-order chi connectivity index (χ1) is 21.3. The molecule has 2 atom stereocenters. The Balaban J connectivity index is 1.16. The summed E-state index contributed by atoms with van der Waals surface area (Å²) in [5, 5.41) is 0. The number of piperidine rings is 3. The number of rotatable bonds is 5. The maximum absolute atomic E-state index is 13.7. The van der Waals surface area contributed by atoms with E-state index in [1.54, 1.807) is 0 Å². The Labute approximate surface area is 259 Å². The summed E-state index contributed by atoms with van der Waals surface area (Å²) < 4.78 is 81.4. The fourth-order valence-electron chi connectivity index (χ4n) is 7.61. The summed E-state index contributed by atoms with van der Waals surface area (Å²) in [7, 11) is 0. The van der Waals surface area contributed by atoms with Crippen molar-refractivity contribution in [1.82, 2.24) is 14.7 Å². The minimum Gasteiger partial charge on any atom is -0.342 e. The molecule has 0 bridgehead atoms. The SMILES string of the molecule is O=C(C1CC1)N1CCC2(CC1)CCN(C1CCN(C(=O)c3cc(C(F)(F)F)cc(C(F)(F)F)c3)C(Cc3ccccc3)C1)CC2. The fraction of sp³-hybridized carbons (Fsp3) is 0.588. The van der Waals surface area contributed by atoms with E-state index in [9.17, 15) is 35.9 Å². The van der Waals surface area contributed by atoms with Crippen LogP contribution in [0.4, 0.5) is 26.3 Å². The molecule has 1 saturated carbocycles. The zero-order valence-corrected chi connectivity index (χ0v) is 25.2. The molecule has 5 nitrogen and oxygen atoms in total. The summed E-state index contributed by atoms with van der Waals surface area (Å²) in [4.78, 5) is 32.2. The van der Waals surface area contributed by atoms with E-state index in [1.807, 2.05) is 35.2 Å². The molecule has 4 fully saturated rings. The van der Waals surface area contributed by atoms with E-state index in [4.69, 9.17) is 0 Å². The Morgan fingerprint density at radius 3 is 1.89 bits per heavy atom. The highest BCUT2D eigenvalue weighted by atomic mass is 19.4. The third-order valence-corrected chi connectivity index (χ3v) is 10.5. The van der Waals surface area contributed by atoms with Gasteiger partial charge in [-0.3, -0.25) is 9.59 Å². The molecule has 3 saturated heterocycles. The van der Waals surface area contributed by atoms with Crippen molar-refractivity contribution in [2.24, 2.45) is 11.3 Å². The molecule has 45 heavy (non-hydrogen) atoms. The van der Waals surface area contributed by atoms with Crippen molar-refractivity contribution in [3.05, 3.63) is 70.8 Å². The minimum absolute atomic E-state index is 0.0579. The number of amides is 2. The molecule has 3 aliphatic heterocycles. The number of nitrogens with zero attached hydrogens (tertiary/aromatic N) is 3. The van der Waals surface area contributed by atoms with Crippen molar-refractivity contribution in [1.29, 1.82) is 0 Å². The van der Waals surface area contributed by atoms with Gasteiger partial charge in [-0.1, -0.05) is 30.3 Å². The molecule has 1 aliphatic carbocycles. The third-order valence-electron chi connectivity index (χ3n) is 10.5. The average Bonchev–Trinajstić information content (AvgIpc) is 3.87. The summed E-state index contributed by atoms with van der Waals surface area (Å²) in [5.74, 6) is -0.258. The van der Waals surface area contributed by atoms with Crippen LogP contribution in [0, 0.1) is 11.3 Å². The normalized spacial score (nSPS) is 24.6. The van der Waals surface area contributed by atoms with E-state index in [-0.39, 0.29) is 36.0 Å². The molecule has 0 aromatic heterocycles. The van der Waals surface area contributed by atoms with Gasteiger partial charge in [-0.25, -0.2) is 0 Å². The van der Waals surface area contributed by atoms with Crippen molar-refractivity contribution in [2.75, 3.05) is 32.7 Å². The van der Waals surface area contributed by atoms with E-state index in [0.29, 0.717) is 37.3 Å². The van der Waals surface area contributed by atoms with Gasteiger partial charge >= 0.3 is 12.4 Å². The van der Waals surface area contributed by atoms with Gasteiger partial charge in [-0.15, -0.1) is 0 Å². The van der Waals surface area contributed by atoms with Gasteiger partial charge in [0.2, 0.25) is 5.91 Å². The van der Waals surface area contributed by atoms with Crippen molar-refractivity contribution >= 4 is 11.8 Å². The fourth-order valence-corrected chi connectivity index (χ4v) is 7.61. The summed E-state index contributed by atoms with van der Waals surface area (Å²) in [6, 6.07) is 10.4. The van der Waals surface area contributed by atoms with Crippen LogP contribution in [0.5, 0.6) is 0 Å². The van der Waals surface area contributed by atoms with E-state index in [2.05, 4.69) is 4.90 Å². The quantitative estimate of drug-likeness (QED) is 0.331. The molecular formula is C34H39F6N3O2. The molecule has 2 amide bonds. The van der Waals surface area contributed by atoms with Gasteiger partial charge in [0.25, 0.3) is 5.91 Å². The molecule has 11 heteroatoms. The summed E-state index contributed by atoms with van der Waals surface area (Å²) >= 11 is 0. The number of halogens is 6. The predicted molar refractivity (Wildman–Crippen MR) is 156 cm³/mol. The molecule has 6 rings (SSSR count). The summed E-state index contributed by atoms with van der Waals surface area (Å²) in [6.45, 7) is 3.69. The summed E-state index contributed by atoms with van der Waals surface area (Å²) in [6.07, 6.45) is -2.29. The second-order valence-corrected chi connectivity index (χ2v) is 13.5. The second-order valence-electron chi connectivity index (χ2n) is 13.5. The van der Waals surface area contributed by atoms with Crippen molar-refractivity contribution in [3.8, 4) is 0 Å². The van der Waals surface area contributed by atoms with Crippen molar-refractivity contribution in [3.63, 3.8) is 0 Å². The summed E-state index contributed by atoms with van der Waals surface area (Å²) in [5.41, 5.74) is -2.39. The number of benzene rings is 2. The molecule has 3 heterocycles.